The number of hydrogen-bond donors (Lipinski definition) is 1. The molecular formula is C15H21NO3. The van der Waals surface area contributed by atoms with Crippen molar-refractivity contribution in [3.05, 3.63) is 29.3 Å². The maximum atomic E-state index is 12.2. The topological polar surface area (TPSA) is 49.8 Å². The molecular weight excluding hydrogens is 242 g/mol. The van der Waals surface area contributed by atoms with Crippen molar-refractivity contribution in [3.8, 4) is 5.75 Å². The van der Waals surface area contributed by atoms with Gasteiger partial charge in [0, 0.05) is 25.1 Å². The molecule has 4 nitrogen and oxygen atoms in total. The molecule has 4 heteroatoms. The van der Waals surface area contributed by atoms with Gasteiger partial charge in [0.25, 0.3) is 0 Å². The minimum Gasteiger partial charge on any atom is -0.493 e. The van der Waals surface area contributed by atoms with Crippen molar-refractivity contribution in [1.82, 2.24) is 4.90 Å². The second-order valence-electron chi connectivity index (χ2n) is 4.79. The van der Waals surface area contributed by atoms with Gasteiger partial charge in [-0.05, 0) is 36.7 Å². The van der Waals surface area contributed by atoms with Crippen LogP contribution in [-0.2, 0) is 6.42 Å². The molecule has 1 heterocycles. The Morgan fingerprint density at radius 3 is 3.05 bits per heavy atom. The number of nitrogens with zero attached hydrogens (tertiary/aromatic N) is 1. The Morgan fingerprint density at radius 1 is 1.47 bits per heavy atom. The zero-order chi connectivity index (χ0) is 13.7. The first-order chi connectivity index (χ1) is 9.24. The zero-order valence-corrected chi connectivity index (χ0v) is 11.4. The lowest BCUT2D eigenvalue weighted by molar-refractivity contribution is 0.0928. The first kappa shape index (κ1) is 14.0. The lowest BCUT2D eigenvalue weighted by Crippen LogP contribution is -2.31. The van der Waals surface area contributed by atoms with Crippen molar-refractivity contribution in [2.24, 2.45) is 0 Å². The normalized spacial score (nSPS) is 13.4. The van der Waals surface area contributed by atoms with Crippen molar-refractivity contribution in [2.45, 2.75) is 19.8 Å². The number of ketones is 1. The summed E-state index contributed by atoms with van der Waals surface area (Å²) >= 11 is 0. The van der Waals surface area contributed by atoms with E-state index in [0.29, 0.717) is 19.6 Å². The van der Waals surface area contributed by atoms with Crippen molar-refractivity contribution >= 4 is 5.78 Å². The molecule has 0 fully saturated rings. The number of ether oxygens (including phenoxy) is 1. The maximum Gasteiger partial charge on any atom is 0.176 e. The Kier molecular flexibility index (Phi) is 4.93. The maximum absolute atomic E-state index is 12.2. The number of aliphatic hydroxyl groups is 1. The number of benzene rings is 1. The van der Waals surface area contributed by atoms with Gasteiger partial charge in [-0.2, -0.15) is 0 Å². The summed E-state index contributed by atoms with van der Waals surface area (Å²) in [5.41, 5.74) is 1.89. The van der Waals surface area contributed by atoms with E-state index in [0.717, 1.165) is 36.4 Å². The largest absolute Gasteiger partial charge is 0.493 e. The van der Waals surface area contributed by atoms with E-state index in [9.17, 15) is 4.79 Å². The lowest BCUT2D eigenvalue weighted by atomic mass is 10.1. The summed E-state index contributed by atoms with van der Waals surface area (Å²) in [4.78, 5) is 14.3. The van der Waals surface area contributed by atoms with Crippen molar-refractivity contribution in [2.75, 3.05) is 32.8 Å². The fourth-order valence-electron chi connectivity index (χ4n) is 2.30. The predicted molar refractivity (Wildman–Crippen MR) is 73.8 cm³/mol. The van der Waals surface area contributed by atoms with Crippen LogP contribution in [0, 0.1) is 0 Å². The highest BCUT2D eigenvalue weighted by Gasteiger charge is 2.16. The third-order valence-corrected chi connectivity index (χ3v) is 3.46. The Balaban J connectivity index is 1.99. The van der Waals surface area contributed by atoms with Crippen molar-refractivity contribution < 1.29 is 14.6 Å². The Hall–Kier alpha value is -1.39. The quantitative estimate of drug-likeness (QED) is 0.758. The average Bonchev–Trinajstić information content (AvgIpc) is 2.90. The summed E-state index contributed by atoms with van der Waals surface area (Å²) < 4.78 is 5.44. The van der Waals surface area contributed by atoms with Gasteiger partial charge in [-0.1, -0.05) is 6.92 Å². The van der Waals surface area contributed by atoms with E-state index >= 15 is 0 Å². The van der Waals surface area contributed by atoms with Crippen LogP contribution in [0.25, 0.3) is 0 Å². The van der Waals surface area contributed by atoms with E-state index in [1.807, 2.05) is 25.1 Å². The third kappa shape index (κ3) is 3.55. The highest BCUT2D eigenvalue weighted by Crippen LogP contribution is 2.26. The van der Waals surface area contributed by atoms with Gasteiger partial charge in [0.1, 0.15) is 5.75 Å². The van der Waals surface area contributed by atoms with Crippen LogP contribution < -0.4 is 4.74 Å². The van der Waals surface area contributed by atoms with Gasteiger partial charge in [-0.3, -0.25) is 9.69 Å². The summed E-state index contributed by atoms with van der Waals surface area (Å²) in [5, 5.41) is 8.84. The van der Waals surface area contributed by atoms with Gasteiger partial charge in [0.05, 0.1) is 13.2 Å². The summed E-state index contributed by atoms with van der Waals surface area (Å²) in [7, 11) is 0. The van der Waals surface area contributed by atoms with E-state index in [-0.39, 0.29) is 12.4 Å². The van der Waals surface area contributed by atoms with Gasteiger partial charge in [0.2, 0.25) is 0 Å². The first-order valence-corrected chi connectivity index (χ1v) is 6.86. The van der Waals surface area contributed by atoms with Crippen LogP contribution >= 0.6 is 0 Å². The van der Waals surface area contributed by atoms with Crippen molar-refractivity contribution in [1.29, 1.82) is 0 Å². The second-order valence-corrected chi connectivity index (χ2v) is 4.79. The summed E-state index contributed by atoms with van der Waals surface area (Å²) in [5.74, 6) is 1.04. The Morgan fingerprint density at radius 2 is 2.32 bits per heavy atom. The molecule has 1 N–H and O–H groups in total. The number of likely N-dealkylation sites (N-methyl/N-ethyl adjacent to an activating group) is 1. The summed E-state index contributed by atoms with van der Waals surface area (Å²) in [6.45, 7) is 4.90. The molecule has 1 aromatic carbocycles. The van der Waals surface area contributed by atoms with E-state index in [2.05, 4.69) is 4.90 Å². The minimum absolute atomic E-state index is 0.134. The van der Waals surface area contributed by atoms with Crippen LogP contribution in [0.15, 0.2) is 18.2 Å². The smallest absolute Gasteiger partial charge is 0.176 e. The van der Waals surface area contributed by atoms with Crippen molar-refractivity contribution in [3.63, 3.8) is 0 Å². The van der Waals surface area contributed by atoms with E-state index in [4.69, 9.17) is 9.84 Å². The number of hydrogen-bond acceptors (Lipinski definition) is 4. The average molecular weight is 263 g/mol. The number of Topliss-reactive ketones (excluding diaryl/α,β-unsaturated/α-hetero) is 1. The van der Waals surface area contributed by atoms with E-state index < -0.39 is 0 Å². The number of aliphatic hydroxyl groups excluding tert-OH is 1. The van der Waals surface area contributed by atoms with Gasteiger partial charge >= 0.3 is 0 Å². The number of rotatable bonds is 7. The van der Waals surface area contributed by atoms with E-state index in [1.54, 1.807) is 0 Å². The minimum atomic E-state index is 0.134. The molecule has 1 aliphatic rings. The highest BCUT2D eigenvalue weighted by atomic mass is 16.5. The fourth-order valence-corrected chi connectivity index (χ4v) is 2.30. The lowest BCUT2D eigenvalue weighted by Gasteiger charge is -2.19. The molecule has 0 unspecified atom stereocenters. The van der Waals surface area contributed by atoms with E-state index in [1.165, 1.54) is 0 Å². The monoisotopic (exact) mass is 263 g/mol. The van der Waals surface area contributed by atoms with Gasteiger partial charge in [0.15, 0.2) is 5.78 Å². The standard InChI is InChI=1S/C15H21NO3/c1-2-16(7-3-8-17)11-14(18)12-4-5-15-13(10-12)6-9-19-15/h4-5,10,17H,2-3,6-9,11H2,1H3. The zero-order valence-electron chi connectivity index (χ0n) is 11.4. The van der Waals surface area contributed by atoms with Crippen LogP contribution in [-0.4, -0.2) is 48.6 Å². The highest BCUT2D eigenvalue weighted by molar-refractivity contribution is 5.98. The molecule has 0 aromatic heterocycles. The number of carbonyl (C=O) groups excluding carboxylic acids is 1. The molecule has 1 aromatic rings. The summed E-state index contributed by atoms with van der Waals surface area (Å²) in [6, 6.07) is 5.68. The molecule has 1 aliphatic heterocycles. The Bertz CT molecular complexity index is 445. The fraction of sp³-hybridized carbons (Fsp3) is 0.533. The molecule has 0 radical (unpaired) electrons. The molecule has 2 rings (SSSR count). The molecule has 0 saturated heterocycles. The van der Waals surface area contributed by atoms with Crippen LogP contribution in [0.2, 0.25) is 0 Å². The summed E-state index contributed by atoms with van der Waals surface area (Å²) in [6.07, 6.45) is 1.59. The molecule has 0 amide bonds. The van der Waals surface area contributed by atoms with Crippen LogP contribution in [0.5, 0.6) is 5.75 Å². The van der Waals surface area contributed by atoms with Crippen LogP contribution in [0.4, 0.5) is 0 Å². The molecule has 0 saturated carbocycles. The molecule has 0 spiro atoms. The number of fused-ring (bicyclic) bond motifs is 1. The molecule has 19 heavy (non-hydrogen) atoms. The van der Waals surface area contributed by atoms with Crippen LogP contribution in [0.1, 0.15) is 29.3 Å². The Labute approximate surface area is 114 Å². The molecule has 0 bridgehead atoms. The molecule has 0 atom stereocenters. The molecule has 0 aliphatic carbocycles. The number of carbonyl (C=O) groups is 1. The van der Waals surface area contributed by atoms with Gasteiger partial charge in [-0.15, -0.1) is 0 Å². The predicted octanol–water partition coefficient (Wildman–Crippen LogP) is 1.51. The molecule has 104 valence electrons. The first-order valence-electron chi connectivity index (χ1n) is 6.86. The second kappa shape index (κ2) is 6.68. The van der Waals surface area contributed by atoms with Gasteiger partial charge < -0.3 is 9.84 Å². The third-order valence-electron chi connectivity index (χ3n) is 3.46. The van der Waals surface area contributed by atoms with Gasteiger partial charge in [-0.25, -0.2) is 0 Å². The SMILES string of the molecule is CCN(CCCO)CC(=O)c1ccc2c(c1)CCO2. The van der Waals surface area contributed by atoms with Crippen LogP contribution in [0.3, 0.4) is 0 Å².